The second kappa shape index (κ2) is 14.5. The second-order valence-corrected chi connectivity index (χ2v) is 16.5. The van der Waals surface area contributed by atoms with Crippen molar-refractivity contribution in [2.24, 2.45) is 5.41 Å². The molecule has 11 nitrogen and oxygen atoms in total. The molecule has 2 aliphatic heterocycles. The van der Waals surface area contributed by atoms with Crippen molar-refractivity contribution in [3.63, 3.8) is 0 Å². The third-order valence-corrected chi connectivity index (χ3v) is 10.9. The number of halogens is 1. The number of hydrogen-bond donors (Lipinski definition) is 1. The average molecular weight is 716 g/mol. The van der Waals surface area contributed by atoms with Crippen LogP contribution in [0.25, 0.3) is 11.3 Å². The van der Waals surface area contributed by atoms with E-state index in [0.717, 1.165) is 42.8 Å². The fraction of sp³-hybridized carbons (Fsp3) is 0.447. The van der Waals surface area contributed by atoms with E-state index in [9.17, 15) is 13.2 Å². The van der Waals surface area contributed by atoms with E-state index >= 15 is 4.39 Å². The number of hydrogen-bond acceptors (Lipinski definition) is 9. The molecule has 2 aromatic heterocycles. The van der Waals surface area contributed by atoms with Crippen LogP contribution in [0.2, 0.25) is 0 Å². The number of amides is 1. The first-order valence-electron chi connectivity index (χ1n) is 17.5. The van der Waals surface area contributed by atoms with Crippen LogP contribution in [0.5, 0.6) is 5.88 Å². The maximum atomic E-state index is 16.5. The van der Waals surface area contributed by atoms with Crippen LogP contribution < -0.4 is 14.4 Å². The Labute approximate surface area is 299 Å². The van der Waals surface area contributed by atoms with Crippen LogP contribution in [0.4, 0.5) is 16.2 Å². The van der Waals surface area contributed by atoms with Crippen molar-refractivity contribution in [3.05, 3.63) is 83.1 Å². The standard InChI is InChI=1S/C38H46FN7O4S/c1-24-11-9-12-25(2)32(24)34-33(39)35-43-37(42-34)44-51(48,49)30-15-10-14-27(19-30)36(47)46(29(23-50-35)16-17-38(4,5)6)22-28-20-40-21-31(41-28)45-18-8-7-13-26(45)3/h9-12,14-15,19-21,26,29H,7-8,13,16-18,22-23H2,1-6H3,(H,42,43,44)/t26-,29-/m1/s1. The monoisotopic (exact) mass is 715 g/mol. The number of nitrogens with one attached hydrogen (secondary N) is 1. The first-order chi connectivity index (χ1) is 24.2. The summed E-state index contributed by atoms with van der Waals surface area (Å²) in [6, 6.07) is 11.1. The fourth-order valence-corrected chi connectivity index (χ4v) is 7.75. The number of rotatable bonds is 6. The maximum absolute atomic E-state index is 16.5. The fourth-order valence-electron chi connectivity index (χ4n) is 6.76. The van der Waals surface area contributed by atoms with Crippen molar-refractivity contribution in [1.82, 2.24) is 24.8 Å². The van der Waals surface area contributed by atoms with Gasteiger partial charge < -0.3 is 14.5 Å². The van der Waals surface area contributed by atoms with Crippen LogP contribution in [0.15, 0.2) is 59.8 Å². The molecule has 51 heavy (non-hydrogen) atoms. The summed E-state index contributed by atoms with van der Waals surface area (Å²) < 4.78 is 52.5. The summed E-state index contributed by atoms with van der Waals surface area (Å²) in [5.41, 5.74) is 2.57. The maximum Gasteiger partial charge on any atom is 0.264 e. The van der Waals surface area contributed by atoms with E-state index < -0.39 is 33.7 Å². The van der Waals surface area contributed by atoms with Gasteiger partial charge in [0.25, 0.3) is 21.8 Å². The smallest absolute Gasteiger partial charge is 0.264 e. The number of aryl methyl sites for hydroxylation is 2. The Morgan fingerprint density at radius 2 is 1.76 bits per heavy atom. The summed E-state index contributed by atoms with van der Waals surface area (Å²) in [6.07, 6.45) is 7.89. The Bertz CT molecular complexity index is 2010. The molecule has 4 heterocycles. The summed E-state index contributed by atoms with van der Waals surface area (Å²) in [5.74, 6) is -1.26. The molecule has 1 saturated heterocycles. The lowest BCUT2D eigenvalue weighted by Gasteiger charge is -2.35. The summed E-state index contributed by atoms with van der Waals surface area (Å²) in [7, 11) is -4.31. The molecular weight excluding hydrogens is 670 g/mol. The SMILES string of the molecule is Cc1cccc(C)c1-c1nc2nc(c1F)OC[C@@H](CCC(C)(C)C)N(Cc1cncc(N3CCCC[C@H]3C)n1)C(=O)c1cccc(c1)S(=O)(=O)N2. The van der Waals surface area contributed by atoms with Crippen LogP contribution in [-0.4, -0.2) is 64.4 Å². The van der Waals surface area contributed by atoms with Gasteiger partial charge in [-0.15, -0.1) is 0 Å². The first-order valence-corrected chi connectivity index (χ1v) is 19.0. The molecule has 1 amide bonds. The van der Waals surface area contributed by atoms with Gasteiger partial charge in [0.05, 0.1) is 35.6 Å². The van der Waals surface area contributed by atoms with Crippen LogP contribution in [0.3, 0.4) is 0 Å². The van der Waals surface area contributed by atoms with Gasteiger partial charge in [0.15, 0.2) is 0 Å². The molecular formula is C38H46FN7O4S. The van der Waals surface area contributed by atoms with E-state index in [1.165, 1.54) is 18.2 Å². The van der Waals surface area contributed by atoms with E-state index in [4.69, 9.17) is 9.72 Å². The number of nitrogens with zero attached hydrogens (tertiary/aromatic N) is 6. The number of fused-ring (bicyclic) bond motifs is 4. The normalized spacial score (nSPS) is 19.3. The lowest BCUT2D eigenvalue weighted by molar-refractivity contribution is 0.0546. The van der Waals surface area contributed by atoms with Gasteiger partial charge in [-0.1, -0.05) is 45.0 Å². The van der Waals surface area contributed by atoms with Gasteiger partial charge in [-0.05, 0) is 87.6 Å². The van der Waals surface area contributed by atoms with Crippen LogP contribution in [0, 0.1) is 25.1 Å². The zero-order chi connectivity index (χ0) is 36.5. The Morgan fingerprint density at radius 3 is 2.49 bits per heavy atom. The lowest BCUT2D eigenvalue weighted by atomic mass is 9.88. The lowest BCUT2D eigenvalue weighted by Crippen LogP contribution is -2.44. The zero-order valence-corrected chi connectivity index (χ0v) is 30.9. The minimum atomic E-state index is -4.31. The van der Waals surface area contributed by atoms with Gasteiger partial charge in [0, 0.05) is 23.7 Å². The van der Waals surface area contributed by atoms with Crippen molar-refractivity contribution >= 4 is 27.7 Å². The van der Waals surface area contributed by atoms with Gasteiger partial charge in [-0.3, -0.25) is 9.78 Å². The number of sulfonamides is 1. The van der Waals surface area contributed by atoms with Crippen molar-refractivity contribution in [3.8, 4) is 17.1 Å². The molecule has 2 aliphatic rings. The van der Waals surface area contributed by atoms with Crippen molar-refractivity contribution in [2.45, 2.75) is 97.2 Å². The predicted octanol–water partition coefficient (Wildman–Crippen LogP) is 7.10. The van der Waals surface area contributed by atoms with E-state index in [-0.39, 0.29) is 40.7 Å². The van der Waals surface area contributed by atoms with Crippen molar-refractivity contribution in [1.29, 1.82) is 0 Å². The van der Waals surface area contributed by atoms with Gasteiger partial charge >= 0.3 is 0 Å². The molecule has 13 heteroatoms. The molecule has 0 unspecified atom stereocenters. The predicted molar refractivity (Wildman–Crippen MR) is 195 cm³/mol. The summed E-state index contributed by atoms with van der Waals surface area (Å²) in [6.45, 7) is 13.0. The van der Waals surface area contributed by atoms with Crippen molar-refractivity contribution in [2.75, 3.05) is 22.8 Å². The summed E-state index contributed by atoms with van der Waals surface area (Å²) >= 11 is 0. The zero-order valence-electron chi connectivity index (χ0n) is 30.1. The molecule has 6 rings (SSSR count). The third-order valence-electron chi connectivity index (χ3n) is 9.60. The number of anilines is 2. The molecule has 1 N–H and O–H groups in total. The van der Waals surface area contributed by atoms with Gasteiger partial charge in [0.2, 0.25) is 11.8 Å². The molecule has 4 bridgehead atoms. The molecule has 0 radical (unpaired) electrons. The van der Waals surface area contributed by atoms with Crippen LogP contribution in [-0.2, 0) is 16.6 Å². The molecule has 0 spiro atoms. The Balaban J connectivity index is 1.48. The molecule has 0 saturated carbocycles. The average Bonchev–Trinajstić information content (AvgIpc) is 3.08. The summed E-state index contributed by atoms with van der Waals surface area (Å²) in [4.78, 5) is 36.3. The molecule has 270 valence electrons. The Morgan fingerprint density at radius 1 is 1.02 bits per heavy atom. The van der Waals surface area contributed by atoms with Crippen LogP contribution >= 0.6 is 0 Å². The Hall–Kier alpha value is -4.65. The number of benzene rings is 2. The van der Waals surface area contributed by atoms with Gasteiger partial charge in [0.1, 0.15) is 18.1 Å². The molecule has 2 atom stereocenters. The molecule has 2 aromatic carbocycles. The number of piperidine rings is 1. The second-order valence-electron chi connectivity index (χ2n) is 14.8. The number of carbonyl (C=O) groups is 1. The quantitative estimate of drug-likeness (QED) is 0.222. The highest BCUT2D eigenvalue weighted by Gasteiger charge is 2.32. The molecule has 4 aromatic rings. The highest BCUT2D eigenvalue weighted by atomic mass is 32.2. The van der Waals surface area contributed by atoms with Crippen molar-refractivity contribution < 1.29 is 22.3 Å². The highest BCUT2D eigenvalue weighted by molar-refractivity contribution is 7.92. The topological polar surface area (TPSA) is 131 Å². The largest absolute Gasteiger partial charge is 0.473 e. The van der Waals surface area contributed by atoms with Gasteiger partial charge in [-0.2, -0.15) is 9.37 Å². The first kappa shape index (κ1) is 36.2. The number of ether oxygens (including phenoxy) is 1. The Kier molecular flexibility index (Phi) is 10.3. The van der Waals surface area contributed by atoms with E-state index in [1.807, 2.05) is 32.0 Å². The van der Waals surface area contributed by atoms with Crippen LogP contribution in [0.1, 0.15) is 87.0 Å². The summed E-state index contributed by atoms with van der Waals surface area (Å²) in [5, 5.41) is 0. The minimum Gasteiger partial charge on any atom is -0.473 e. The third kappa shape index (κ3) is 8.14. The molecule has 0 aliphatic carbocycles. The molecule has 1 fully saturated rings. The van der Waals surface area contributed by atoms with E-state index in [1.54, 1.807) is 23.4 Å². The highest BCUT2D eigenvalue weighted by Crippen LogP contribution is 2.34. The van der Waals surface area contributed by atoms with Gasteiger partial charge in [-0.25, -0.2) is 23.1 Å². The minimum absolute atomic E-state index is 0.0699. The number of aromatic nitrogens is 4. The number of carbonyl (C=O) groups excluding carboxylic acids is 1. The van der Waals surface area contributed by atoms with E-state index in [0.29, 0.717) is 30.1 Å². The van der Waals surface area contributed by atoms with E-state index in [2.05, 4.69) is 52.3 Å².